The molecular weight excluding hydrogens is 494 g/mol. The largest absolute Gasteiger partial charge is 0.479 e. The Kier molecular flexibility index (Phi) is 7.55. The lowest BCUT2D eigenvalue weighted by Crippen LogP contribution is -2.37. The van der Waals surface area contributed by atoms with E-state index in [0.717, 1.165) is 31.4 Å². The van der Waals surface area contributed by atoms with E-state index in [4.69, 9.17) is 4.74 Å². The highest BCUT2D eigenvalue weighted by molar-refractivity contribution is 9.10. The summed E-state index contributed by atoms with van der Waals surface area (Å²) in [4.78, 5) is 13.5. The second kappa shape index (κ2) is 9.83. The van der Waals surface area contributed by atoms with E-state index in [1.54, 1.807) is 6.07 Å². The van der Waals surface area contributed by atoms with Gasteiger partial charge in [0.2, 0.25) is 0 Å². The Morgan fingerprint density at radius 2 is 1.94 bits per heavy atom. The number of sulfone groups is 1. The summed E-state index contributed by atoms with van der Waals surface area (Å²) < 4.78 is 33.4. The number of para-hydroxylation sites is 1. The number of benzene rings is 2. The first-order chi connectivity index (χ1) is 15.1. The third-order valence-corrected chi connectivity index (χ3v) is 8.77. The van der Waals surface area contributed by atoms with Crippen molar-refractivity contribution in [3.63, 3.8) is 0 Å². The zero-order valence-electron chi connectivity index (χ0n) is 18.7. The van der Waals surface area contributed by atoms with Crippen LogP contribution in [0.4, 0.5) is 11.4 Å². The lowest BCUT2D eigenvalue weighted by atomic mass is 9.81. The van der Waals surface area contributed by atoms with Crippen molar-refractivity contribution in [1.29, 1.82) is 0 Å². The van der Waals surface area contributed by atoms with Gasteiger partial charge in [-0.2, -0.15) is 0 Å². The number of nitrogens with zero attached hydrogens (tertiary/aromatic N) is 1. The highest BCUT2D eigenvalue weighted by atomic mass is 79.9. The molecule has 0 saturated heterocycles. The van der Waals surface area contributed by atoms with Crippen molar-refractivity contribution in [2.24, 2.45) is 5.41 Å². The van der Waals surface area contributed by atoms with Crippen molar-refractivity contribution >= 4 is 43.1 Å². The number of halogens is 1. The first kappa shape index (κ1) is 24.6. The maximum atomic E-state index is 13.7. The van der Waals surface area contributed by atoms with Crippen LogP contribution in [0.3, 0.4) is 0 Å². The van der Waals surface area contributed by atoms with E-state index in [9.17, 15) is 18.3 Å². The van der Waals surface area contributed by atoms with Crippen LogP contribution < -0.4 is 9.64 Å². The standard InChI is InChI=1S/C24H30BrNO5S/c1-4-6-12-24(5-2)15-26(18-10-8-7-9-11-18)20-13-19(25)21(31-17(3)23(27)28)14-22(20)32(29,30)16-24/h7-11,13-14,17H,4-6,12,15-16H2,1-3H3,(H,27,28). The summed E-state index contributed by atoms with van der Waals surface area (Å²) in [7, 11) is -3.65. The van der Waals surface area contributed by atoms with Gasteiger partial charge in [0.05, 0.1) is 20.8 Å². The Morgan fingerprint density at radius 1 is 1.25 bits per heavy atom. The number of ether oxygens (including phenoxy) is 1. The van der Waals surface area contributed by atoms with E-state index in [2.05, 4.69) is 34.7 Å². The predicted molar refractivity (Wildman–Crippen MR) is 130 cm³/mol. The fraction of sp³-hybridized carbons (Fsp3) is 0.458. The summed E-state index contributed by atoms with van der Waals surface area (Å²) in [5, 5.41) is 9.23. The summed E-state index contributed by atoms with van der Waals surface area (Å²) in [6.45, 7) is 6.17. The topological polar surface area (TPSA) is 83.9 Å². The van der Waals surface area contributed by atoms with Crippen LogP contribution in [0.15, 0.2) is 51.8 Å². The van der Waals surface area contributed by atoms with E-state index in [1.165, 1.54) is 13.0 Å². The minimum Gasteiger partial charge on any atom is -0.479 e. The van der Waals surface area contributed by atoms with Gasteiger partial charge in [-0.25, -0.2) is 13.2 Å². The first-order valence-electron chi connectivity index (χ1n) is 10.9. The van der Waals surface area contributed by atoms with Crippen molar-refractivity contribution < 1.29 is 23.1 Å². The quantitative estimate of drug-likeness (QED) is 0.469. The maximum Gasteiger partial charge on any atom is 0.344 e. The summed E-state index contributed by atoms with van der Waals surface area (Å²) in [6, 6.07) is 13.0. The Bertz CT molecular complexity index is 1070. The molecule has 2 unspecified atom stereocenters. The number of aliphatic carboxylic acids is 1. The molecular formula is C24H30BrNO5S. The molecule has 6 nitrogen and oxygen atoms in total. The molecule has 2 atom stereocenters. The van der Waals surface area contributed by atoms with Crippen LogP contribution in [-0.4, -0.2) is 37.9 Å². The van der Waals surface area contributed by atoms with Crippen LogP contribution in [0.1, 0.15) is 46.5 Å². The van der Waals surface area contributed by atoms with E-state index in [0.29, 0.717) is 16.7 Å². The van der Waals surface area contributed by atoms with Gasteiger partial charge < -0.3 is 14.7 Å². The van der Waals surface area contributed by atoms with Crippen LogP contribution in [0, 0.1) is 5.41 Å². The molecule has 0 radical (unpaired) electrons. The number of carbonyl (C=O) groups is 1. The normalized spacial score (nSPS) is 20.8. The molecule has 0 aliphatic carbocycles. The molecule has 0 saturated carbocycles. The molecule has 8 heteroatoms. The van der Waals surface area contributed by atoms with Gasteiger partial charge >= 0.3 is 5.97 Å². The van der Waals surface area contributed by atoms with Crippen molar-refractivity contribution in [1.82, 2.24) is 0 Å². The number of carboxylic acids is 1. The van der Waals surface area contributed by atoms with Gasteiger partial charge in [0, 0.05) is 23.7 Å². The van der Waals surface area contributed by atoms with Crippen LogP contribution >= 0.6 is 15.9 Å². The number of anilines is 2. The molecule has 2 aromatic rings. The van der Waals surface area contributed by atoms with Crippen LogP contribution in [0.5, 0.6) is 5.75 Å². The maximum absolute atomic E-state index is 13.7. The van der Waals surface area contributed by atoms with Crippen LogP contribution in [0.2, 0.25) is 0 Å². The minimum atomic E-state index is -3.65. The Labute approximate surface area is 198 Å². The molecule has 0 fully saturated rings. The Morgan fingerprint density at radius 3 is 2.53 bits per heavy atom. The predicted octanol–water partition coefficient (Wildman–Crippen LogP) is 5.81. The van der Waals surface area contributed by atoms with Crippen molar-refractivity contribution in [3.8, 4) is 5.75 Å². The van der Waals surface area contributed by atoms with Gasteiger partial charge in [-0.3, -0.25) is 0 Å². The van der Waals surface area contributed by atoms with Crippen LogP contribution in [-0.2, 0) is 14.6 Å². The van der Waals surface area contributed by atoms with E-state index < -0.39 is 27.3 Å². The number of fused-ring (bicyclic) bond motifs is 1. The second-order valence-corrected chi connectivity index (χ2v) is 11.3. The molecule has 2 aromatic carbocycles. The molecule has 1 heterocycles. The lowest BCUT2D eigenvalue weighted by Gasteiger charge is -2.36. The number of unbranched alkanes of at least 4 members (excludes halogenated alkanes) is 1. The number of carboxylic acid groups (broad SMARTS) is 1. The summed E-state index contributed by atoms with van der Waals surface area (Å²) >= 11 is 3.46. The van der Waals surface area contributed by atoms with Gasteiger partial charge in [-0.1, -0.05) is 44.9 Å². The highest BCUT2D eigenvalue weighted by Gasteiger charge is 2.42. The molecule has 32 heavy (non-hydrogen) atoms. The molecule has 0 bridgehead atoms. The third kappa shape index (κ3) is 5.12. The number of hydrogen-bond acceptors (Lipinski definition) is 5. The Balaban J connectivity index is 2.21. The smallest absolute Gasteiger partial charge is 0.344 e. The zero-order chi connectivity index (χ0) is 23.5. The summed E-state index contributed by atoms with van der Waals surface area (Å²) in [5.41, 5.74) is 1.09. The van der Waals surface area contributed by atoms with Gasteiger partial charge in [0.15, 0.2) is 15.9 Å². The number of hydrogen-bond donors (Lipinski definition) is 1. The first-order valence-corrected chi connectivity index (χ1v) is 13.4. The molecule has 1 aliphatic heterocycles. The molecule has 0 spiro atoms. The molecule has 1 N–H and O–H groups in total. The molecule has 0 amide bonds. The van der Waals surface area contributed by atoms with E-state index in [1.807, 2.05) is 30.3 Å². The third-order valence-electron chi connectivity index (χ3n) is 6.16. The molecule has 174 valence electrons. The summed E-state index contributed by atoms with van der Waals surface area (Å²) in [6.07, 6.45) is 2.40. The van der Waals surface area contributed by atoms with Crippen molar-refractivity contribution in [2.75, 3.05) is 17.2 Å². The number of rotatable bonds is 8. The summed E-state index contributed by atoms with van der Waals surface area (Å²) in [5.74, 6) is -0.875. The van der Waals surface area contributed by atoms with Gasteiger partial charge in [-0.05, 0) is 53.9 Å². The average molecular weight is 524 g/mol. The fourth-order valence-electron chi connectivity index (χ4n) is 4.19. The minimum absolute atomic E-state index is 0.0440. The van der Waals surface area contributed by atoms with Crippen molar-refractivity contribution in [3.05, 3.63) is 46.9 Å². The monoisotopic (exact) mass is 523 g/mol. The lowest BCUT2D eigenvalue weighted by molar-refractivity contribution is -0.144. The Hall–Kier alpha value is -2.06. The molecule has 0 aromatic heterocycles. The van der Waals surface area contributed by atoms with Gasteiger partial charge in [0.1, 0.15) is 5.75 Å². The zero-order valence-corrected chi connectivity index (χ0v) is 21.1. The SMILES string of the molecule is CCCCC1(CC)CN(c2ccccc2)c2cc(Br)c(OC(C)C(=O)O)cc2S(=O)(=O)C1. The van der Waals surface area contributed by atoms with E-state index >= 15 is 0 Å². The molecule has 3 rings (SSSR count). The second-order valence-electron chi connectivity index (χ2n) is 8.49. The van der Waals surface area contributed by atoms with E-state index in [-0.39, 0.29) is 16.4 Å². The highest BCUT2D eigenvalue weighted by Crippen LogP contribution is 2.46. The van der Waals surface area contributed by atoms with Crippen molar-refractivity contribution in [2.45, 2.75) is 57.5 Å². The average Bonchev–Trinajstić information content (AvgIpc) is 2.85. The van der Waals surface area contributed by atoms with Gasteiger partial charge in [-0.15, -0.1) is 0 Å². The van der Waals surface area contributed by atoms with Crippen LogP contribution in [0.25, 0.3) is 0 Å². The fourth-order valence-corrected chi connectivity index (χ4v) is 6.80. The van der Waals surface area contributed by atoms with Gasteiger partial charge in [0.25, 0.3) is 0 Å². The molecule has 1 aliphatic rings.